The van der Waals surface area contributed by atoms with Crippen molar-refractivity contribution < 1.29 is 18.9 Å². The molecule has 0 bridgehead atoms. The smallest absolute Gasteiger partial charge is 0.320 e. The van der Waals surface area contributed by atoms with E-state index in [0.717, 1.165) is 0 Å². The minimum atomic E-state index is 0.177. The first-order chi connectivity index (χ1) is 9.69. The fraction of sp³-hybridized carbons (Fsp3) is 0.333. The molecule has 0 radical (unpaired) electrons. The predicted octanol–water partition coefficient (Wildman–Crippen LogP) is 0.968. The quantitative estimate of drug-likeness (QED) is 0.799. The van der Waals surface area contributed by atoms with Gasteiger partial charge in [0.1, 0.15) is 11.4 Å². The minimum absolute atomic E-state index is 0.177. The van der Waals surface area contributed by atoms with E-state index in [9.17, 15) is 0 Å². The summed E-state index contributed by atoms with van der Waals surface area (Å²) < 4.78 is 20.2. The Hall–Kier alpha value is -2.64. The Bertz CT molecular complexity index is 508. The number of ether oxygens (including phenoxy) is 4. The molecule has 0 aromatic carbocycles. The molecule has 2 heterocycles. The van der Waals surface area contributed by atoms with Gasteiger partial charge in [0, 0.05) is 12.1 Å². The monoisotopic (exact) mass is 278 g/mol. The highest BCUT2D eigenvalue weighted by Gasteiger charge is 2.12. The van der Waals surface area contributed by atoms with Crippen molar-refractivity contribution in [2.45, 2.75) is 0 Å². The number of methoxy groups -OCH3 is 4. The van der Waals surface area contributed by atoms with Crippen LogP contribution in [0.25, 0.3) is 11.4 Å². The van der Waals surface area contributed by atoms with Gasteiger partial charge in [-0.25, -0.2) is 0 Å². The van der Waals surface area contributed by atoms with Gasteiger partial charge in [0.2, 0.25) is 11.8 Å². The summed E-state index contributed by atoms with van der Waals surface area (Å²) in [7, 11) is 5.96. The Kier molecular flexibility index (Phi) is 4.14. The van der Waals surface area contributed by atoms with Crippen LogP contribution in [0.1, 0.15) is 0 Å². The number of hydrogen-bond acceptors (Lipinski definition) is 8. The van der Waals surface area contributed by atoms with Crippen LogP contribution in [0.3, 0.4) is 0 Å². The molecule has 0 aliphatic heterocycles. The highest BCUT2D eigenvalue weighted by molar-refractivity contribution is 5.57. The average molecular weight is 278 g/mol. The zero-order valence-corrected chi connectivity index (χ0v) is 11.6. The summed E-state index contributed by atoms with van der Waals surface area (Å²) in [6.45, 7) is 0. The fourth-order valence-electron chi connectivity index (χ4n) is 1.46. The highest BCUT2D eigenvalue weighted by Crippen LogP contribution is 2.25. The van der Waals surface area contributed by atoms with Crippen molar-refractivity contribution in [1.29, 1.82) is 0 Å². The molecule has 2 aromatic rings. The summed E-state index contributed by atoms with van der Waals surface area (Å²) >= 11 is 0. The molecular formula is C12H14N4O4. The normalized spacial score (nSPS) is 10.0. The van der Waals surface area contributed by atoms with E-state index in [-0.39, 0.29) is 12.0 Å². The summed E-state index contributed by atoms with van der Waals surface area (Å²) in [5.41, 5.74) is 1.01. The minimum Gasteiger partial charge on any atom is -0.481 e. The maximum Gasteiger partial charge on any atom is 0.320 e. The fourth-order valence-corrected chi connectivity index (χ4v) is 1.46. The zero-order valence-electron chi connectivity index (χ0n) is 11.6. The van der Waals surface area contributed by atoms with Gasteiger partial charge in [-0.05, 0) is 0 Å². The van der Waals surface area contributed by atoms with E-state index < -0.39 is 0 Å². The Morgan fingerprint density at radius 3 is 1.30 bits per heavy atom. The first-order valence-electron chi connectivity index (χ1n) is 5.64. The molecule has 0 N–H and O–H groups in total. The molecule has 106 valence electrons. The number of rotatable bonds is 5. The molecule has 0 fully saturated rings. The van der Waals surface area contributed by atoms with Crippen LogP contribution in [0.15, 0.2) is 12.1 Å². The molecule has 8 nitrogen and oxygen atoms in total. The van der Waals surface area contributed by atoms with Crippen LogP contribution in [0, 0.1) is 0 Å². The third-order valence-corrected chi connectivity index (χ3v) is 2.41. The lowest BCUT2D eigenvalue weighted by molar-refractivity contribution is 0.349. The molecule has 2 aromatic heterocycles. The summed E-state index contributed by atoms with van der Waals surface area (Å²) in [6.07, 6.45) is 0. The molecule has 0 atom stereocenters. The van der Waals surface area contributed by atoms with Gasteiger partial charge in [-0.15, -0.1) is 0 Å². The molecular weight excluding hydrogens is 264 g/mol. The summed E-state index contributed by atoms with van der Waals surface area (Å²) in [4.78, 5) is 16.5. The van der Waals surface area contributed by atoms with Gasteiger partial charge in [-0.3, -0.25) is 0 Å². The van der Waals surface area contributed by atoms with Gasteiger partial charge in [-0.1, -0.05) is 0 Å². The number of aromatic nitrogens is 4. The molecule has 0 aliphatic carbocycles. The average Bonchev–Trinajstić information content (AvgIpc) is 2.53. The van der Waals surface area contributed by atoms with E-state index in [1.165, 1.54) is 28.4 Å². The Morgan fingerprint density at radius 1 is 0.600 bits per heavy atom. The van der Waals surface area contributed by atoms with Gasteiger partial charge < -0.3 is 18.9 Å². The first kappa shape index (κ1) is 13.8. The molecule has 0 unspecified atom stereocenters. The SMILES string of the molecule is COc1cc(-c2cc(OC)nc(OC)n2)nc(OC)n1. The Labute approximate surface area is 115 Å². The lowest BCUT2D eigenvalue weighted by Gasteiger charge is -2.08. The van der Waals surface area contributed by atoms with Crippen molar-refractivity contribution in [3.05, 3.63) is 12.1 Å². The Balaban J connectivity index is 2.54. The second kappa shape index (κ2) is 6.00. The van der Waals surface area contributed by atoms with Crippen LogP contribution in [-0.4, -0.2) is 48.4 Å². The van der Waals surface area contributed by atoms with Crippen LogP contribution < -0.4 is 18.9 Å². The maximum absolute atomic E-state index is 5.09. The van der Waals surface area contributed by atoms with Crippen molar-refractivity contribution in [1.82, 2.24) is 19.9 Å². The van der Waals surface area contributed by atoms with Gasteiger partial charge in [0.15, 0.2) is 0 Å². The van der Waals surface area contributed by atoms with Crippen molar-refractivity contribution in [2.24, 2.45) is 0 Å². The molecule has 20 heavy (non-hydrogen) atoms. The molecule has 0 saturated heterocycles. The van der Waals surface area contributed by atoms with Gasteiger partial charge >= 0.3 is 12.0 Å². The van der Waals surface area contributed by atoms with E-state index in [1.54, 1.807) is 12.1 Å². The first-order valence-corrected chi connectivity index (χ1v) is 5.64. The Morgan fingerprint density at radius 2 is 1.00 bits per heavy atom. The molecule has 0 spiro atoms. The van der Waals surface area contributed by atoms with E-state index in [1.807, 2.05) is 0 Å². The summed E-state index contributed by atoms with van der Waals surface area (Å²) in [5.74, 6) is 0.729. The van der Waals surface area contributed by atoms with Crippen molar-refractivity contribution >= 4 is 0 Å². The van der Waals surface area contributed by atoms with E-state index in [4.69, 9.17) is 18.9 Å². The molecule has 8 heteroatoms. The van der Waals surface area contributed by atoms with E-state index in [0.29, 0.717) is 23.1 Å². The third-order valence-electron chi connectivity index (χ3n) is 2.41. The molecule has 0 aliphatic rings. The second-order valence-corrected chi connectivity index (χ2v) is 3.56. The maximum atomic E-state index is 5.09. The van der Waals surface area contributed by atoms with E-state index >= 15 is 0 Å². The van der Waals surface area contributed by atoms with Crippen LogP contribution in [-0.2, 0) is 0 Å². The van der Waals surface area contributed by atoms with Gasteiger partial charge in [0.25, 0.3) is 0 Å². The number of nitrogens with zero attached hydrogens (tertiary/aromatic N) is 4. The number of hydrogen-bond donors (Lipinski definition) is 0. The van der Waals surface area contributed by atoms with Crippen molar-refractivity contribution in [3.63, 3.8) is 0 Å². The predicted molar refractivity (Wildman–Crippen MR) is 69.3 cm³/mol. The largest absolute Gasteiger partial charge is 0.481 e. The summed E-state index contributed by atoms with van der Waals surface area (Å²) in [6, 6.07) is 3.61. The highest BCUT2D eigenvalue weighted by atomic mass is 16.5. The van der Waals surface area contributed by atoms with E-state index in [2.05, 4.69) is 19.9 Å². The van der Waals surface area contributed by atoms with Crippen LogP contribution in [0.2, 0.25) is 0 Å². The molecule has 0 saturated carbocycles. The zero-order chi connectivity index (χ0) is 14.5. The van der Waals surface area contributed by atoms with Crippen LogP contribution >= 0.6 is 0 Å². The second-order valence-electron chi connectivity index (χ2n) is 3.56. The van der Waals surface area contributed by atoms with Gasteiger partial charge in [0.05, 0.1) is 28.4 Å². The standard InChI is InChI=1S/C12H14N4O4/c1-17-9-5-7(13-11(15-9)19-3)8-6-10(18-2)16-12(14-8)20-4/h5-6H,1-4H3. The van der Waals surface area contributed by atoms with Crippen LogP contribution in [0.4, 0.5) is 0 Å². The lowest BCUT2D eigenvalue weighted by atomic mass is 10.3. The summed E-state index contributed by atoms with van der Waals surface area (Å²) in [5, 5.41) is 0. The van der Waals surface area contributed by atoms with Crippen molar-refractivity contribution in [3.8, 4) is 35.2 Å². The molecule has 2 rings (SSSR count). The topological polar surface area (TPSA) is 88.5 Å². The lowest BCUT2D eigenvalue weighted by Crippen LogP contribution is -2.01. The van der Waals surface area contributed by atoms with Gasteiger partial charge in [-0.2, -0.15) is 19.9 Å². The third kappa shape index (κ3) is 2.85. The van der Waals surface area contributed by atoms with Crippen molar-refractivity contribution in [2.75, 3.05) is 28.4 Å². The molecule has 0 amide bonds. The van der Waals surface area contributed by atoms with Crippen LogP contribution in [0.5, 0.6) is 23.8 Å².